The molecule has 1 aliphatic carbocycles. The number of hydrogen-bond acceptors (Lipinski definition) is 5. The van der Waals surface area contributed by atoms with Crippen LogP contribution in [0.3, 0.4) is 0 Å². The number of nitrogens with zero attached hydrogens (tertiary/aromatic N) is 1. The Morgan fingerprint density at radius 1 is 1.12 bits per heavy atom. The Kier molecular flexibility index (Phi) is 5.71. The van der Waals surface area contributed by atoms with Crippen molar-refractivity contribution < 1.29 is 19.1 Å². The van der Waals surface area contributed by atoms with Crippen LogP contribution < -0.4 is 19.7 Å². The van der Waals surface area contributed by atoms with Gasteiger partial charge in [-0.3, -0.25) is 9.59 Å². The molecule has 1 heterocycles. The summed E-state index contributed by atoms with van der Waals surface area (Å²) in [6.07, 6.45) is 2.84. The van der Waals surface area contributed by atoms with Crippen LogP contribution in [0.1, 0.15) is 45.2 Å². The maximum Gasteiger partial charge on any atom is 0.227 e. The number of carbonyl (C=O) groups is 2. The summed E-state index contributed by atoms with van der Waals surface area (Å²) in [5.41, 5.74) is 2.84. The fourth-order valence-electron chi connectivity index (χ4n) is 4.92. The summed E-state index contributed by atoms with van der Waals surface area (Å²) in [4.78, 5) is 28.8. The summed E-state index contributed by atoms with van der Waals surface area (Å²) in [6.45, 7) is 5.96. The average Bonchev–Trinajstić information content (AvgIpc) is 2.91. The van der Waals surface area contributed by atoms with Crippen molar-refractivity contribution in [3.8, 4) is 11.5 Å². The van der Waals surface area contributed by atoms with E-state index in [9.17, 15) is 9.59 Å². The number of anilines is 2. The van der Waals surface area contributed by atoms with E-state index in [1.165, 1.54) is 0 Å². The van der Waals surface area contributed by atoms with Crippen molar-refractivity contribution in [3.05, 3.63) is 59.8 Å². The van der Waals surface area contributed by atoms with Crippen LogP contribution >= 0.6 is 0 Å². The molecule has 2 aromatic carbocycles. The number of nitrogens with one attached hydrogen (secondary N) is 1. The van der Waals surface area contributed by atoms with E-state index in [2.05, 4.69) is 25.2 Å². The lowest BCUT2D eigenvalue weighted by atomic mass is 9.72. The lowest BCUT2D eigenvalue weighted by Crippen LogP contribution is -2.43. The van der Waals surface area contributed by atoms with Gasteiger partial charge in [-0.25, -0.2) is 0 Å². The minimum atomic E-state index is -0.571. The molecule has 0 radical (unpaired) electrons. The van der Waals surface area contributed by atoms with Crippen molar-refractivity contribution in [2.24, 2.45) is 11.3 Å². The van der Waals surface area contributed by atoms with E-state index in [0.717, 1.165) is 22.6 Å². The number of methoxy groups -OCH3 is 2. The summed E-state index contributed by atoms with van der Waals surface area (Å²) in [7, 11) is 3.17. The Bertz CT molecular complexity index is 1090. The first-order valence-electron chi connectivity index (χ1n) is 11.0. The van der Waals surface area contributed by atoms with E-state index in [4.69, 9.17) is 9.47 Å². The quantitative estimate of drug-likeness (QED) is 0.724. The fraction of sp³-hybridized carbons (Fsp3) is 0.385. The van der Waals surface area contributed by atoms with E-state index in [0.29, 0.717) is 24.3 Å². The SMILES string of the molecule is CCC(=O)N1c2ccccc2NC2=CC(C)(C)CC(=O)C2C1c1cccc(OC)c1OC. The summed E-state index contributed by atoms with van der Waals surface area (Å²) in [5, 5.41) is 3.50. The van der Waals surface area contributed by atoms with Gasteiger partial charge in [0.05, 0.1) is 37.6 Å². The van der Waals surface area contributed by atoms with Crippen molar-refractivity contribution >= 4 is 23.1 Å². The second-order valence-corrected chi connectivity index (χ2v) is 9.00. The molecule has 0 spiro atoms. The molecule has 0 saturated carbocycles. The van der Waals surface area contributed by atoms with Gasteiger partial charge in [0, 0.05) is 24.1 Å². The first kappa shape index (κ1) is 21.9. The number of benzene rings is 2. The van der Waals surface area contributed by atoms with Crippen molar-refractivity contribution in [2.75, 3.05) is 24.4 Å². The van der Waals surface area contributed by atoms with Gasteiger partial charge in [-0.05, 0) is 23.6 Å². The number of ether oxygens (including phenoxy) is 2. The standard InChI is InChI=1S/C26H30N2O4/c1-6-22(30)28-19-12-8-7-11-17(19)27-18-14-26(2,3)15-20(29)23(18)24(28)16-10-9-13-21(31-4)25(16)32-5/h7-14,23-24,27H,6,15H2,1-5H3. The molecule has 0 saturated heterocycles. The molecule has 1 aliphatic heterocycles. The molecule has 32 heavy (non-hydrogen) atoms. The molecule has 2 aromatic rings. The van der Waals surface area contributed by atoms with Gasteiger partial charge in [-0.15, -0.1) is 0 Å². The van der Waals surface area contributed by atoms with Crippen LogP contribution in [0.4, 0.5) is 11.4 Å². The van der Waals surface area contributed by atoms with Gasteiger partial charge in [0.1, 0.15) is 5.78 Å². The maximum atomic E-state index is 13.7. The monoisotopic (exact) mass is 434 g/mol. The predicted octanol–water partition coefficient (Wildman–Crippen LogP) is 5.11. The Morgan fingerprint density at radius 3 is 2.56 bits per heavy atom. The molecule has 2 atom stereocenters. The minimum absolute atomic E-state index is 0.0620. The third kappa shape index (κ3) is 3.64. The number of carbonyl (C=O) groups excluding carboxylic acids is 2. The Hall–Kier alpha value is -3.28. The van der Waals surface area contributed by atoms with Gasteiger partial charge in [-0.2, -0.15) is 0 Å². The third-order valence-corrected chi connectivity index (χ3v) is 6.22. The third-order valence-electron chi connectivity index (χ3n) is 6.22. The zero-order valence-corrected chi connectivity index (χ0v) is 19.3. The topological polar surface area (TPSA) is 67.9 Å². The van der Waals surface area contributed by atoms with Crippen LogP contribution in [-0.2, 0) is 9.59 Å². The lowest BCUT2D eigenvalue weighted by molar-refractivity contribution is -0.125. The zero-order chi connectivity index (χ0) is 23.0. The van der Waals surface area contributed by atoms with Crippen molar-refractivity contribution in [1.29, 1.82) is 0 Å². The zero-order valence-electron chi connectivity index (χ0n) is 19.3. The molecule has 2 unspecified atom stereocenters. The molecule has 2 aliphatic rings. The summed E-state index contributed by atoms with van der Waals surface area (Å²) >= 11 is 0. The lowest BCUT2D eigenvalue weighted by Gasteiger charge is -2.39. The smallest absolute Gasteiger partial charge is 0.227 e. The Morgan fingerprint density at radius 2 is 1.88 bits per heavy atom. The number of hydrogen-bond donors (Lipinski definition) is 1. The first-order valence-corrected chi connectivity index (χ1v) is 11.0. The van der Waals surface area contributed by atoms with Crippen LogP contribution in [0.15, 0.2) is 54.2 Å². The largest absolute Gasteiger partial charge is 0.493 e. The van der Waals surface area contributed by atoms with Gasteiger partial charge < -0.3 is 19.7 Å². The van der Waals surface area contributed by atoms with Crippen LogP contribution in [0.2, 0.25) is 0 Å². The van der Waals surface area contributed by atoms with Crippen LogP contribution in [0.5, 0.6) is 11.5 Å². The van der Waals surface area contributed by atoms with Crippen molar-refractivity contribution in [1.82, 2.24) is 0 Å². The molecule has 168 valence electrons. The van der Waals surface area contributed by atoms with Gasteiger partial charge >= 0.3 is 0 Å². The molecule has 1 N–H and O–H groups in total. The van der Waals surface area contributed by atoms with Crippen molar-refractivity contribution in [2.45, 2.75) is 39.7 Å². The Balaban J connectivity index is 2.05. The van der Waals surface area contributed by atoms with Crippen molar-refractivity contribution in [3.63, 3.8) is 0 Å². The molecule has 6 nitrogen and oxygen atoms in total. The van der Waals surface area contributed by atoms with Crippen LogP contribution in [0.25, 0.3) is 0 Å². The number of rotatable bonds is 4. The van der Waals surface area contributed by atoms with Gasteiger partial charge in [0.2, 0.25) is 5.91 Å². The van der Waals surface area contributed by atoms with Gasteiger partial charge in [0.25, 0.3) is 0 Å². The molecule has 1 amide bonds. The molecule has 6 heteroatoms. The molecule has 0 fully saturated rings. The highest BCUT2D eigenvalue weighted by Crippen LogP contribution is 2.51. The van der Waals surface area contributed by atoms with E-state index in [1.54, 1.807) is 19.1 Å². The second-order valence-electron chi connectivity index (χ2n) is 9.00. The fourth-order valence-corrected chi connectivity index (χ4v) is 4.92. The number of para-hydroxylation sites is 3. The number of ketones is 1. The first-order chi connectivity index (χ1) is 15.3. The van der Waals surface area contributed by atoms with Gasteiger partial charge in [0.15, 0.2) is 11.5 Å². The highest BCUT2D eigenvalue weighted by molar-refractivity contribution is 6.01. The van der Waals surface area contributed by atoms with E-state index in [-0.39, 0.29) is 17.1 Å². The minimum Gasteiger partial charge on any atom is -0.493 e. The summed E-state index contributed by atoms with van der Waals surface area (Å²) in [5.74, 6) is 0.579. The highest BCUT2D eigenvalue weighted by atomic mass is 16.5. The van der Waals surface area contributed by atoms with Crippen LogP contribution in [0, 0.1) is 11.3 Å². The normalized spacial score (nSPS) is 21.5. The number of Topliss-reactive ketones (excluding diaryl/α,β-unsaturated/α-hetero) is 1. The van der Waals surface area contributed by atoms with Crippen LogP contribution in [-0.4, -0.2) is 25.9 Å². The maximum absolute atomic E-state index is 13.7. The molecular formula is C26H30N2O4. The molecule has 4 rings (SSSR count). The Labute approximate surface area is 189 Å². The summed E-state index contributed by atoms with van der Waals surface area (Å²) < 4.78 is 11.3. The molecular weight excluding hydrogens is 404 g/mol. The summed E-state index contributed by atoms with van der Waals surface area (Å²) in [6, 6.07) is 12.7. The highest BCUT2D eigenvalue weighted by Gasteiger charge is 2.47. The number of amides is 1. The average molecular weight is 435 g/mol. The van der Waals surface area contributed by atoms with E-state index < -0.39 is 12.0 Å². The second kappa shape index (κ2) is 8.34. The molecule has 0 aromatic heterocycles. The van der Waals surface area contributed by atoms with E-state index in [1.807, 2.05) is 49.4 Å². The molecule has 0 bridgehead atoms. The number of fused-ring (bicyclic) bond motifs is 2. The van der Waals surface area contributed by atoms with Gasteiger partial charge in [-0.1, -0.05) is 51.1 Å². The predicted molar refractivity (Wildman–Crippen MR) is 125 cm³/mol. The number of allylic oxidation sites excluding steroid dienone is 1. The van der Waals surface area contributed by atoms with E-state index >= 15 is 0 Å².